The quantitative estimate of drug-likeness (QED) is 0.191. The number of nitrogen functional groups attached to an aromatic ring is 1. The fourth-order valence-corrected chi connectivity index (χ4v) is 6.76. The number of amides is 2. The molecular formula is C40H51N9O5. The van der Waals surface area contributed by atoms with Crippen LogP contribution in [0.2, 0.25) is 0 Å². The molecule has 2 aliphatic rings. The van der Waals surface area contributed by atoms with Crippen LogP contribution < -0.4 is 11.1 Å². The van der Waals surface area contributed by atoms with Crippen molar-refractivity contribution < 1.29 is 23.9 Å². The molecule has 14 nitrogen and oxygen atoms in total. The van der Waals surface area contributed by atoms with E-state index in [-0.39, 0.29) is 23.6 Å². The van der Waals surface area contributed by atoms with Gasteiger partial charge in [-0.05, 0) is 77.7 Å². The summed E-state index contributed by atoms with van der Waals surface area (Å²) in [4.78, 5) is 54.8. The van der Waals surface area contributed by atoms with Crippen molar-refractivity contribution in [3.05, 3.63) is 90.0 Å². The van der Waals surface area contributed by atoms with E-state index in [4.69, 9.17) is 15.2 Å². The molecule has 2 aromatic heterocycles. The predicted octanol–water partition coefficient (Wildman–Crippen LogP) is 5.35. The number of carbonyl (C=O) groups excluding carboxylic acids is 3. The van der Waals surface area contributed by atoms with Crippen LogP contribution in [0.25, 0.3) is 11.3 Å². The molecule has 4 heterocycles. The van der Waals surface area contributed by atoms with Crippen LogP contribution in [0.5, 0.6) is 0 Å². The van der Waals surface area contributed by atoms with Crippen molar-refractivity contribution in [3.63, 3.8) is 0 Å². The molecule has 2 aromatic carbocycles. The molecule has 0 bridgehead atoms. The number of rotatable bonds is 11. The summed E-state index contributed by atoms with van der Waals surface area (Å²) in [5, 5.41) is 7.49. The normalized spacial score (nSPS) is 16.5. The van der Waals surface area contributed by atoms with Gasteiger partial charge in [0.25, 0.3) is 5.91 Å². The average molecular weight is 738 g/mol. The molecule has 4 aromatic rings. The Balaban J connectivity index is 1.01. The van der Waals surface area contributed by atoms with E-state index in [2.05, 4.69) is 30.2 Å². The van der Waals surface area contributed by atoms with Crippen LogP contribution in [0.1, 0.15) is 73.8 Å². The van der Waals surface area contributed by atoms with Crippen LogP contribution in [-0.4, -0.2) is 110 Å². The van der Waals surface area contributed by atoms with Crippen molar-refractivity contribution >= 4 is 29.5 Å². The first-order valence-corrected chi connectivity index (χ1v) is 18.6. The number of ether oxygens (including phenoxy) is 2. The van der Waals surface area contributed by atoms with Crippen LogP contribution in [0.15, 0.2) is 73.2 Å². The Labute approximate surface area is 316 Å². The second-order valence-corrected chi connectivity index (χ2v) is 15.0. The third-order valence-electron chi connectivity index (χ3n) is 9.65. The van der Waals surface area contributed by atoms with E-state index in [0.717, 1.165) is 64.1 Å². The highest BCUT2D eigenvalue weighted by atomic mass is 16.6. The van der Waals surface area contributed by atoms with Gasteiger partial charge in [-0.2, -0.15) is 5.10 Å². The summed E-state index contributed by atoms with van der Waals surface area (Å²) >= 11 is 0. The van der Waals surface area contributed by atoms with Gasteiger partial charge in [-0.3, -0.25) is 14.4 Å². The standard InChI is InChI=1S/C40H51N9O5/c1-28-10-8-13-31(24-28)44-37(50)35(29-11-6-5-7-12-29)53-38(51)34-36(41)42-26-33(45-34)30-25-43-49(27-30)32-14-18-46(19-15-32)16-9-17-47-20-22-48(23-21-47)39(52)54-40(2,3)4/h5-8,10-13,24-27,32,35H,9,14-23H2,1-4H3,(H2,41,42)(H,44,50)/t35-/m1/s1. The lowest BCUT2D eigenvalue weighted by molar-refractivity contribution is -0.125. The van der Waals surface area contributed by atoms with Gasteiger partial charge >= 0.3 is 12.1 Å². The van der Waals surface area contributed by atoms with Crippen LogP contribution >= 0.6 is 0 Å². The lowest BCUT2D eigenvalue weighted by Crippen LogP contribution is -2.50. The first-order chi connectivity index (χ1) is 25.9. The number of aryl methyl sites for hydroxylation is 1. The van der Waals surface area contributed by atoms with E-state index in [9.17, 15) is 14.4 Å². The van der Waals surface area contributed by atoms with Crippen LogP contribution in [0, 0.1) is 6.92 Å². The topological polar surface area (TPSA) is 161 Å². The molecule has 0 spiro atoms. The smallest absolute Gasteiger partial charge is 0.410 e. The Morgan fingerprint density at radius 1 is 0.926 bits per heavy atom. The summed E-state index contributed by atoms with van der Waals surface area (Å²) in [7, 11) is 0. The zero-order valence-corrected chi connectivity index (χ0v) is 31.6. The van der Waals surface area contributed by atoms with Crippen LogP contribution in [-0.2, 0) is 14.3 Å². The molecule has 2 amide bonds. The molecule has 54 heavy (non-hydrogen) atoms. The Morgan fingerprint density at radius 3 is 2.31 bits per heavy atom. The fraction of sp³-hybridized carbons (Fsp3) is 0.450. The number of carbonyl (C=O) groups is 3. The van der Waals surface area contributed by atoms with E-state index in [1.807, 2.05) is 62.8 Å². The lowest BCUT2D eigenvalue weighted by Gasteiger charge is -2.36. The lowest BCUT2D eigenvalue weighted by atomic mass is 10.1. The highest BCUT2D eigenvalue weighted by molar-refractivity contribution is 5.99. The SMILES string of the molecule is Cc1cccc(NC(=O)[C@H](OC(=O)c2nc(-c3cnn(C4CCN(CCCN5CCN(C(=O)OC(C)(C)C)CC5)CC4)c3)cnc2N)c2ccccc2)c1. The third kappa shape index (κ3) is 10.2. The molecule has 0 radical (unpaired) electrons. The first-order valence-electron chi connectivity index (χ1n) is 18.6. The summed E-state index contributed by atoms with van der Waals surface area (Å²) in [5.74, 6) is -1.47. The molecule has 2 aliphatic heterocycles. The van der Waals surface area contributed by atoms with Crippen LogP contribution in [0.4, 0.5) is 16.3 Å². The average Bonchev–Trinajstić information content (AvgIpc) is 3.65. The summed E-state index contributed by atoms with van der Waals surface area (Å²) in [5.41, 5.74) is 8.65. The van der Waals surface area contributed by atoms with Gasteiger partial charge in [-0.15, -0.1) is 0 Å². The van der Waals surface area contributed by atoms with Crippen molar-refractivity contribution in [1.82, 2.24) is 34.4 Å². The molecular weight excluding hydrogens is 686 g/mol. The van der Waals surface area contributed by atoms with E-state index >= 15 is 0 Å². The fourth-order valence-electron chi connectivity index (χ4n) is 6.76. The minimum atomic E-state index is -1.25. The molecule has 2 fully saturated rings. The van der Waals surface area contributed by atoms with Crippen molar-refractivity contribution in [3.8, 4) is 11.3 Å². The van der Waals surface area contributed by atoms with Gasteiger partial charge in [0.05, 0.1) is 24.1 Å². The van der Waals surface area contributed by atoms with Crippen molar-refractivity contribution in [2.45, 2.75) is 64.7 Å². The minimum Gasteiger partial charge on any atom is -0.444 e. The number of piperidine rings is 1. The molecule has 3 N–H and O–H groups in total. The molecule has 0 saturated carbocycles. The molecule has 0 aliphatic carbocycles. The number of anilines is 2. The maximum atomic E-state index is 13.5. The van der Waals surface area contributed by atoms with Gasteiger partial charge in [0, 0.05) is 62.3 Å². The minimum absolute atomic E-state index is 0.0996. The Hall–Kier alpha value is -5.34. The van der Waals surface area contributed by atoms with Crippen molar-refractivity contribution in [2.24, 2.45) is 0 Å². The van der Waals surface area contributed by atoms with E-state index in [0.29, 0.717) is 35.6 Å². The zero-order chi connectivity index (χ0) is 38.2. The summed E-state index contributed by atoms with van der Waals surface area (Å²) < 4.78 is 13.3. The second kappa shape index (κ2) is 17.2. The number of hydrogen-bond acceptors (Lipinski definition) is 11. The van der Waals surface area contributed by atoms with Crippen LogP contribution in [0.3, 0.4) is 0 Å². The Kier molecular flexibility index (Phi) is 12.2. The van der Waals surface area contributed by atoms with E-state index in [1.165, 1.54) is 6.20 Å². The monoisotopic (exact) mass is 737 g/mol. The number of nitrogens with zero attached hydrogens (tertiary/aromatic N) is 7. The number of hydrogen-bond donors (Lipinski definition) is 2. The number of nitrogens with two attached hydrogens (primary N) is 1. The van der Waals surface area contributed by atoms with Gasteiger partial charge in [0.1, 0.15) is 5.60 Å². The maximum absolute atomic E-state index is 13.5. The number of nitrogens with one attached hydrogen (secondary N) is 1. The summed E-state index contributed by atoms with van der Waals surface area (Å²) in [6.07, 6.45) is 6.67. The highest BCUT2D eigenvalue weighted by Crippen LogP contribution is 2.27. The van der Waals surface area contributed by atoms with Gasteiger partial charge in [0.2, 0.25) is 6.10 Å². The van der Waals surface area contributed by atoms with Gasteiger partial charge in [0.15, 0.2) is 11.5 Å². The first kappa shape index (κ1) is 38.4. The van der Waals surface area contributed by atoms with Gasteiger partial charge in [-0.25, -0.2) is 19.6 Å². The number of aromatic nitrogens is 4. The third-order valence-corrected chi connectivity index (χ3v) is 9.65. The highest BCUT2D eigenvalue weighted by Gasteiger charge is 2.29. The Bertz CT molecular complexity index is 1890. The number of likely N-dealkylation sites (tertiary alicyclic amines) is 1. The van der Waals surface area contributed by atoms with E-state index < -0.39 is 23.6 Å². The molecule has 2 saturated heterocycles. The van der Waals surface area contributed by atoms with Gasteiger partial charge < -0.3 is 30.3 Å². The van der Waals surface area contributed by atoms with Crippen molar-refractivity contribution in [2.75, 3.05) is 63.4 Å². The molecule has 1 atom stereocenters. The zero-order valence-electron chi connectivity index (χ0n) is 31.6. The maximum Gasteiger partial charge on any atom is 0.410 e. The molecule has 14 heteroatoms. The number of piperazine rings is 1. The second-order valence-electron chi connectivity index (χ2n) is 15.0. The molecule has 6 rings (SSSR count). The number of esters is 1. The summed E-state index contributed by atoms with van der Waals surface area (Å²) in [6.45, 7) is 14.7. The van der Waals surface area contributed by atoms with Gasteiger partial charge in [-0.1, -0.05) is 42.5 Å². The predicted molar refractivity (Wildman–Crippen MR) is 206 cm³/mol. The molecule has 286 valence electrons. The number of benzene rings is 2. The largest absolute Gasteiger partial charge is 0.444 e. The molecule has 0 unspecified atom stereocenters. The van der Waals surface area contributed by atoms with E-state index in [1.54, 1.807) is 41.4 Å². The summed E-state index contributed by atoms with van der Waals surface area (Å²) in [6, 6.07) is 16.4. The van der Waals surface area contributed by atoms with Crippen molar-refractivity contribution in [1.29, 1.82) is 0 Å². The Morgan fingerprint density at radius 2 is 1.63 bits per heavy atom.